The minimum absolute atomic E-state index is 0.0412. The van der Waals surface area contributed by atoms with E-state index in [2.05, 4.69) is 5.32 Å². The van der Waals surface area contributed by atoms with Crippen molar-refractivity contribution in [3.8, 4) is 0 Å². The fraction of sp³-hybridized carbons (Fsp3) is 0.455. The van der Waals surface area contributed by atoms with Gasteiger partial charge >= 0.3 is 0 Å². The van der Waals surface area contributed by atoms with Crippen LogP contribution < -0.4 is 5.32 Å². The van der Waals surface area contributed by atoms with Crippen LogP contribution in [0.2, 0.25) is 0 Å². The van der Waals surface area contributed by atoms with Crippen LogP contribution in [0.4, 0.5) is 18.9 Å². The SMILES string of the molecule is CC1SCCC1Nc1c(F)cc(F)cc1F. The Kier molecular flexibility index (Phi) is 3.33. The van der Waals surface area contributed by atoms with Gasteiger partial charge in [0, 0.05) is 23.4 Å². The third-order valence-electron chi connectivity index (χ3n) is 2.71. The first-order chi connectivity index (χ1) is 7.58. The highest BCUT2D eigenvalue weighted by Crippen LogP contribution is 2.30. The molecule has 5 heteroatoms. The summed E-state index contributed by atoms with van der Waals surface area (Å²) in [7, 11) is 0. The third kappa shape index (κ3) is 2.29. The minimum Gasteiger partial charge on any atom is -0.376 e. The van der Waals surface area contributed by atoms with Gasteiger partial charge in [-0.25, -0.2) is 13.2 Å². The Hall–Kier alpha value is -0.840. The van der Waals surface area contributed by atoms with Crippen molar-refractivity contribution in [1.29, 1.82) is 0 Å². The van der Waals surface area contributed by atoms with Crippen LogP contribution in [0.15, 0.2) is 12.1 Å². The predicted octanol–water partition coefficient (Wildman–Crippen LogP) is 3.41. The Morgan fingerprint density at radius 2 is 1.88 bits per heavy atom. The summed E-state index contributed by atoms with van der Waals surface area (Å²) in [5, 5.41) is 3.13. The van der Waals surface area contributed by atoms with Gasteiger partial charge in [-0.2, -0.15) is 11.8 Å². The first-order valence-corrected chi connectivity index (χ1v) is 6.15. The van der Waals surface area contributed by atoms with Crippen molar-refractivity contribution in [3.63, 3.8) is 0 Å². The van der Waals surface area contributed by atoms with Gasteiger partial charge in [0.1, 0.15) is 11.5 Å². The molecule has 0 bridgehead atoms. The Bertz CT molecular complexity index is 374. The van der Waals surface area contributed by atoms with Gasteiger partial charge in [0.25, 0.3) is 0 Å². The van der Waals surface area contributed by atoms with E-state index in [1.165, 1.54) is 0 Å². The number of benzene rings is 1. The second-order valence-electron chi connectivity index (χ2n) is 3.86. The number of rotatable bonds is 2. The topological polar surface area (TPSA) is 12.0 Å². The number of thioether (sulfide) groups is 1. The highest BCUT2D eigenvalue weighted by atomic mass is 32.2. The molecule has 0 radical (unpaired) electrons. The van der Waals surface area contributed by atoms with Crippen molar-refractivity contribution >= 4 is 17.4 Å². The molecule has 0 saturated carbocycles. The van der Waals surface area contributed by atoms with E-state index in [1.54, 1.807) is 11.8 Å². The summed E-state index contributed by atoms with van der Waals surface area (Å²) in [5.41, 5.74) is -0.222. The van der Waals surface area contributed by atoms with Crippen LogP contribution in [-0.2, 0) is 0 Å². The van der Waals surface area contributed by atoms with E-state index in [0.717, 1.165) is 12.2 Å². The van der Waals surface area contributed by atoms with Crippen LogP contribution in [0, 0.1) is 17.5 Å². The van der Waals surface area contributed by atoms with Crippen molar-refractivity contribution in [3.05, 3.63) is 29.6 Å². The summed E-state index contributed by atoms with van der Waals surface area (Å²) in [6.07, 6.45) is 0.863. The highest BCUT2D eigenvalue weighted by molar-refractivity contribution is 8.00. The summed E-state index contributed by atoms with van der Waals surface area (Å²) in [6, 6.07) is 1.43. The fourth-order valence-corrected chi connectivity index (χ4v) is 2.99. The summed E-state index contributed by atoms with van der Waals surface area (Å²) in [6.45, 7) is 2.01. The third-order valence-corrected chi connectivity index (χ3v) is 4.04. The quantitative estimate of drug-likeness (QED) is 0.859. The molecule has 1 N–H and O–H groups in total. The molecule has 0 amide bonds. The lowest BCUT2D eigenvalue weighted by Crippen LogP contribution is -2.26. The van der Waals surface area contributed by atoms with Gasteiger partial charge in [0.15, 0.2) is 11.6 Å². The van der Waals surface area contributed by atoms with Crippen LogP contribution >= 0.6 is 11.8 Å². The molecule has 1 saturated heterocycles. The van der Waals surface area contributed by atoms with Gasteiger partial charge in [0.2, 0.25) is 0 Å². The van der Waals surface area contributed by atoms with Crippen molar-refractivity contribution < 1.29 is 13.2 Å². The number of hydrogen-bond donors (Lipinski definition) is 1. The van der Waals surface area contributed by atoms with E-state index in [4.69, 9.17) is 0 Å². The molecule has 0 aromatic heterocycles. The molecule has 1 nitrogen and oxygen atoms in total. The van der Waals surface area contributed by atoms with Crippen LogP contribution in [-0.4, -0.2) is 17.0 Å². The van der Waals surface area contributed by atoms with E-state index in [-0.39, 0.29) is 11.7 Å². The molecule has 1 aromatic rings. The van der Waals surface area contributed by atoms with Gasteiger partial charge in [-0.05, 0) is 12.2 Å². The Balaban J connectivity index is 2.21. The van der Waals surface area contributed by atoms with Crippen molar-refractivity contribution in [2.24, 2.45) is 0 Å². The summed E-state index contributed by atoms with van der Waals surface area (Å²) in [5.74, 6) is -1.67. The van der Waals surface area contributed by atoms with Crippen molar-refractivity contribution in [2.75, 3.05) is 11.1 Å². The number of halogens is 3. The van der Waals surface area contributed by atoms with Gasteiger partial charge in [-0.15, -0.1) is 0 Å². The standard InChI is InChI=1S/C11H12F3NS/c1-6-10(2-3-16-6)15-11-8(13)4-7(12)5-9(11)14/h4-6,10,15H,2-3H2,1H3. The molecular formula is C11H12F3NS. The molecular weight excluding hydrogens is 235 g/mol. The molecule has 16 heavy (non-hydrogen) atoms. The molecule has 1 heterocycles. The molecule has 2 atom stereocenters. The number of hydrogen-bond acceptors (Lipinski definition) is 2. The lowest BCUT2D eigenvalue weighted by atomic mass is 10.1. The molecule has 2 rings (SSSR count). The van der Waals surface area contributed by atoms with Gasteiger partial charge < -0.3 is 5.32 Å². The molecule has 88 valence electrons. The van der Waals surface area contributed by atoms with E-state index < -0.39 is 17.5 Å². The summed E-state index contributed by atoms with van der Waals surface area (Å²) >= 11 is 1.76. The zero-order valence-corrected chi connectivity index (χ0v) is 9.58. The highest BCUT2D eigenvalue weighted by Gasteiger charge is 2.25. The molecule has 1 aliphatic heterocycles. The minimum atomic E-state index is -0.894. The van der Waals surface area contributed by atoms with Crippen LogP contribution in [0.5, 0.6) is 0 Å². The molecule has 2 unspecified atom stereocenters. The second-order valence-corrected chi connectivity index (χ2v) is 5.35. The maximum Gasteiger partial charge on any atom is 0.152 e. The zero-order valence-electron chi connectivity index (χ0n) is 8.77. The summed E-state index contributed by atoms with van der Waals surface area (Å²) in [4.78, 5) is 0. The largest absolute Gasteiger partial charge is 0.376 e. The van der Waals surface area contributed by atoms with Crippen LogP contribution in [0.1, 0.15) is 13.3 Å². The lowest BCUT2D eigenvalue weighted by Gasteiger charge is -2.18. The fourth-order valence-electron chi connectivity index (χ4n) is 1.79. The summed E-state index contributed by atoms with van der Waals surface area (Å²) < 4.78 is 39.4. The molecule has 1 fully saturated rings. The smallest absolute Gasteiger partial charge is 0.152 e. The lowest BCUT2D eigenvalue weighted by molar-refractivity contribution is 0.543. The Labute approximate surface area is 96.4 Å². The predicted molar refractivity (Wildman–Crippen MR) is 60.3 cm³/mol. The first kappa shape index (κ1) is 11.6. The Morgan fingerprint density at radius 1 is 1.25 bits per heavy atom. The van der Waals surface area contributed by atoms with Crippen molar-refractivity contribution in [2.45, 2.75) is 24.6 Å². The Morgan fingerprint density at radius 3 is 2.38 bits per heavy atom. The molecule has 1 aliphatic rings. The average molecular weight is 247 g/mol. The molecule has 0 aliphatic carbocycles. The van der Waals surface area contributed by atoms with Gasteiger partial charge in [0.05, 0.1) is 0 Å². The first-order valence-electron chi connectivity index (χ1n) is 5.10. The van der Waals surface area contributed by atoms with Crippen LogP contribution in [0.3, 0.4) is 0 Å². The van der Waals surface area contributed by atoms with E-state index in [9.17, 15) is 13.2 Å². The van der Waals surface area contributed by atoms with Gasteiger partial charge in [-0.3, -0.25) is 0 Å². The normalized spacial score (nSPS) is 24.8. The van der Waals surface area contributed by atoms with E-state index >= 15 is 0 Å². The molecule has 0 spiro atoms. The van der Waals surface area contributed by atoms with E-state index in [1.807, 2.05) is 6.92 Å². The number of nitrogens with one attached hydrogen (secondary N) is 1. The zero-order chi connectivity index (χ0) is 11.7. The average Bonchev–Trinajstić information content (AvgIpc) is 2.57. The molecule has 1 aromatic carbocycles. The van der Waals surface area contributed by atoms with Gasteiger partial charge in [-0.1, -0.05) is 6.92 Å². The monoisotopic (exact) mass is 247 g/mol. The van der Waals surface area contributed by atoms with Crippen molar-refractivity contribution in [1.82, 2.24) is 0 Å². The second kappa shape index (κ2) is 4.57. The maximum atomic E-state index is 13.3. The number of anilines is 1. The van der Waals surface area contributed by atoms with E-state index in [0.29, 0.717) is 17.4 Å². The maximum absolute atomic E-state index is 13.3. The van der Waals surface area contributed by atoms with Crippen LogP contribution in [0.25, 0.3) is 0 Å².